The molecule has 176 valence electrons. The topological polar surface area (TPSA) is 94.4 Å². The zero-order valence-electron chi connectivity index (χ0n) is 18.8. The van der Waals surface area contributed by atoms with Crippen molar-refractivity contribution in [3.8, 4) is 12.3 Å². The first kappa shape index (κ1) is 24.1. The Hall–Kier alpha value is -4.03. The van der Waals surface area contributed by atoms with Crippen molar-refractivity contribution in [1.82, 2.24) is 15.0 Å². The summed E-state index contributed by atoms with van der Waals surface area (Å²) < 4.78 is 6.97. The maximum absolute atomic E-state index is 14.0. The molecule has 0 spiro atoms. The van der Waals surface area contributed by atoms with Crippen LogP contribution in [0, 0.1) is 17.8 Å². The first-order valence-corrected chi connectivity index (χ1v) is 11.5. The maximum atomic E-state index is 14.0. The van der Waals surface area contributed by atoms with Crippen molar-refractivity contribution in [2.24, 2.45) is 5.41 Å². The molecular formula is C26H21BrN4O4. The number of hydrogen-bond acceptors (Lipinski definition) is 6. The number of rotatable bonds is 7. The number of hydrogen-bond donors (Lipinski definition) is 0. The molecule has 2 amide bonds. The lowest BCUT2D eigenvalue weighted by Crippen LogP contribution is -2.38. The molecule has 8 nitrogen and oxygen atoms in total. The van der Waals surface area contributed by atoms with Gasteiger partial charge in [-0.3, -0.25) is 14.4 Å². The van der Waals surface area contributed by atoms with Gasteiger partial charge in [0.2, 0.25) is 5.91 Å². The molecule has 1 saturated heterocycles. The van der Waals surface area contributed by atoms with Gasteiger partial charge in [-0.25, -0.2) is 9.58 Å². The van der Waals surface area contributed by atoms with E-state index in [2.05, 4.69) is 32.2 Å². The number of methoxy groups -OCH3 is 1. The SMILES string of the molecule is C#CC[C@]1(Cc2cnnn2CC(=O)OC)C(=O)N(c2ccccc2)C(=O)/C1=C/c1ccc(Br)cc1. The first-order valence-electron chi connectivity index (χ1n) is 10.7. The van der Waals surface area contributed by atoms with E-state index in [1.165, 1.54) is 18.0 Å². The minimum absolute atomic E-state index is 0.0253. The smallest absolute Gasteiger partial charge is 0.327 e. The molecule has 2 aromatic carbocycles. The molecular weight excluding hydrogens is 512 g/mol. The van der Waals surface area contributed by atoms with Crippen LogP contribution in [0.15, 0.2) is 70.8 Å². The molecule has 0 unspecified atom stereocenters. The van der Waals surface area contributed by atoms with Gasteiger partial charge in [-0.2, -0.15) is 0 Å². The van der Waals surface area contributed by atoms with Gasteiger partial charge in [0.15, 0.2) is 0 Å². The molecule has 4 rings (SSSR count). The van der Waals surface area contributed by atoms with Crippen molar-refractivity contribution in [2.45, 2.75) is 19.4 Å². The summed E-state index contributed by atoms with van der Waals surface area (Å²) in [5, 5.41) is 7.86. The number of terminal acetylenes is 1. The lowest BCUT2D eigenvalue weighted by atomic mass is 9.74. The summed E-state index contributed by atoms with van der Waals surface area (Å²) in [7, 11) is 1.27. The van der Waals surface area contributed by atoms with Gasteiger partial charge in [-0.05, 0) is 35.9 Å². The Labute approximate surface area is 210 Å². The molecule has 1 fully saturated rings. The molecule has 3 aromatic rings. The number of anilines is 1. The second-order valence-electron chi connectivity index (χ2n) is 7.99. The third kappa shape index (κ3) is 4.66. The van der Waals surface area contributed by atoms with Crippen molar-refractivity contribution in [3.63, 3.8) is 0 Å². The number of halogens is 1. The maximum Gasteiger partial charge on any atom is 0.327 e. The van der Waals surface area contributed by atoms with Crippen molar-refractivity contribution in [1.29, 1.82) is 0 Å². The molecule has 1 atom stereocenters. The van der Waals surface area contributed by atoms with Crippen LogP contribution in [0.5, 0.6) is 0 Å². The standard InChI is InChI=1S/C26H21BrN4O4/c1-3-13-26(15-21-16-28-29-30(21)17-23(32)35-2)22(14-18-9-11-19(27)12-10-18)24(33)31(25(26)34)20-7-5-4-6-8-20/h1,4-12,14,16H,13,15,17H2,2H3/b22-14-/t26-/m1/s1. The number of nitrogens with zero attached hydrogens (tertiary/aromatic N) is 4. The molecule has 0 bridgehead atoms. The molecule has 0 N–H and O–H groups in total. The molecule has 1 aliphatic rings. The normalized spacial score (nSPS) is 18.7. The van der Waals surface area contributed by atoms with Crippen LogP contribution in [0.25, 0.3) is 6.08 Å². The molecule has 1 aromatic heterocycles. The van der Waals surface area contributed by atoms with Crippen LogP contribution >= 0.6 is 15.9 Å². The second-order valence-corrected chi connectivity index (χ2v) is 8.91. The average Bonchev–Trinajstić information content (AvgIpc) is 3.37. The van der Waals surface area contributed by atoms with Crippen LogP contribution in [-0.2, 0) is 32.1 Å². The van der Waals surface area contributed by atoms with Crippen LogP contribution in [0.3, 0.4) is 0 Å². The molecule has 1 aliphatic heterocycles. The minimum Gasteiger partial charge on any atom is -0.468 e. The second kappa shape index (κ2) is 10.1. The number of carbonyl (C=O) groups excluding carboxylic acids is 3. The van der Waals surface area contributed by atoms with Crippen LogP contribution in [0.2, 0.25) is 0 Å². The first-order chi connectivity index (χ1) is 16.9. The van der Waals surface area contributed by atoms with Crippen LogP contribution in [0.4, 0.5) is 5.69 Å². The molecule has 2 heterocycles. The van der Waals surface area contributed by atoms with Gasteiger partial charge in [0, 0.05) is 22.9 Å². The van der Waals surface area contributed by atoms with E-state index >= 15 is 0 Å². The summed E-state index contributed by atoms with van der Waals surface area (Å²) >= 11 is 3.41. The summed E-state index contributed by atoms with van der Waals surface area (Å²) in [5.74, 6) is 1.18. The van der Waals surface area contributed by atoms with Crippen molar-refractivity contribution >= 4 is 45.5 Å². The van der Waals surface area contributed by atoms with E-state index in [4.69, 9.17) is 11.2 Å². The van der Waals surface area contributed by atoms with Gasteiger partial charge < -0.3 is 4.74 Å². The van der Waals surface area contributed by atoms with Gasteiger partial charge >= 0.3 is 5.97 Å². The van der Waals surface area contributed by atoms with E-state index in [0.717, 1.165) is 14.9 Å². The molecule has 35 heavy (non-hydrogen) atoms. The Morgan fingerprint density at radius 2 is 1.89 bits per heavy atom. The Morgan fingerprint density at radius 1 is 1.17 bits per heavy atom. The Balaban J connectivity index is 1.87. The van der Waals surface area contributed by atoms with Crippen LogP contribution in [0.1, 0.15) is 17.7 Å². The fourth-order valence-corrected chi connectivity index (χ4v) is 4.37. The largest absolute Gasteiger partial charge is 0.468 e. The fraction of sp³-hybridized carbons (Fsp3) is 0.192. The summed E-state index contributed by atoms with van der Waals surface area (Å²) in [6, 6.07) is 16.1. The predicted octanol–water partition coefficient (Wildman–Crippen LogP) is 3.42. The third-order valence-electron chi connectivity index (χ3n) is 5.85. The summed E-state index contributed by atoms with van der Waals surface area (Å²) in [5.41, 5.74) is 0.539. The number of imide groups is 1. The van der Waals surface area contributed by atoms with Crippen LogP contribution in [-0.4, -0.2) is 39.9 Å². The quantitative estimate of drug-likeness (QED) is 0.200. The van der Waals surface area contributed by atoms with E-state index in [9.17, 15) is 14.4 Å². The van der Waals surface area contributed by atoms with Crippen molar-refractivity contribution in [2.75, 3.05) is 12.0 Å². The summed E-state index contributed by atoms with van der Waals surface area (Å²) in [6.45, 7) is -0.186. The molecule has 0 aliphatic carbocycles. The number of esters is 1. The zero-order chi connectivity index (χ0) is 25.0. The third-order valence-corrected chi connectivity index (χ3v) is 6.38. The van der Waals surface area contributed by atoms with E-state index in [1.54, 1.807) is 36.4 Å². The lowest BCUT2D eigenvalue weighted by Gasteiger charge is -2.26. The molecule has 9 heteroatoms. The van der Waals surface area contributed by atoms with E-state index in [-0.39, 0.29) is 25.0 Å². The van der Waals surface area contributed by atoms with Gasteiger partial charge in [-0.1, -0.05) is 51.5 Å². The predicted molar refractivity (Wildman–Crippen MR) is 133 cm³/mol. The van der Waals surface area contributed by atoms with E-state index < -0.39 is 23.2 Å². The zero-order valence-corrected chi connectivity index (χ0v) is 20.4. The highest BCUT2D eigenvalue weighted by molar-refractivity contribution is 9.10. The molecule has 0 radical (unpaired) electrons. The number of amides is 2. The number of carbonyl (C=O) groups is 3. The number of ether oxygens (including phenoxy) is 1. The number of benzene rings is 2. The van der Waals surface area contributed by atoms with Crippen molar-refractivity contribution < 1.29 is 19.1 Å². The highest BCUT2D eigenvalue weighted by atomic mass is 79.9. The highest BCUT2D eigenvalue weighted by Crippen LogP contribution is 2.46. The van der Waals surface area contributed by atoms with Gasteiger partial charge in [0.1, 0.15) is 6.54 Å². The van der Waals surface area contributed by atoms with E-state index in [1.807, 2.05) is 24.3 Å². The lowest BCUT2D eigenvalue weighted by molar-refractivity contribution is -0.141. The van der Waals surface area contributed by atoms with Crippen LogP contribution < -0.4 is 4.90 Å². The summed E-state index contributed by atoms with van der Waals surface area (Å²) in [6.07, 6.45) is 8.90. The molecule has 0 saturated carbocycles. The Bertz CT molecular complexity index is 1340. The van der Waals surface area contributed by atoms with E-state index in [0.29, 0.717) is 11.4 Å². The number of aromatic nitrogens is 3. The monoisotopic (exact) mass is 532 g/mol. The Morgan fingerprint density at radius 3 is 2.54 bits per heavy atom. The van der Waals surface area contributed by atoms with Crippen molar-refractivity contribution in [3.05, 3.63) is 82.1 Å². The minimum atomic E-state index is -1.38. The summed E-state index contributed by atoms with van der Waals surface area (Å²) in [4.78, 5) is 40.8. The van der Waals surface area contributed by atoms with Gasteiger partial charge in [0.25, 0.3) is 5.91 Å². The van der Waals surface area contributed by atoms with Gasteiger partial charge in [0.05, 0.1) is 30.1 Å². The number of para-hydroxylation sites is 1. The fourth-order valence-electron chi connectivity index (χ4n) is 4.11. The average molecular weight is 533 g/mol. The Kier molecular flexibility index (Phi) is 6.94. The highest BCUT2D eigenvalue weighted by Gasteiger charge is 2.56. The van der Waals surface area contributed by atoms with Gasteiger partial charge in [-0.15, -0.1) is 17.4 Å².